The van der Waals surface area contributed by atoms with E-state index in [1.54, 1.807) is 6.07 Å². The van der Waals surface area contributed by atoms with Crippen molar-refractivity contribution in [3.63, 3.8) is 0 Å². The molecule has 0 bridgehead atoms. The summed E-state index contributed by atoms with van der Waals surface area (Å²) in [7, 11) is 0. The van der Waals surface area contributed by atoms with Gasteiger partial charge in [-0.05, 0) is 18.2 Å². The number of anilines is 1. The second kappa shape index (κ2) is 6.33. The zero-order valence-electron chi connectivity index (χ0n) is 10.5. The average Bonchev–Trinajstić information content (AvgIpc) is 2.43. The normalized spacial score (nSPS) is 15.8. The number of rotatable bonds is 4. The molecule has 1 heterocycles. The first-order valence-electron chi connectivity index (χ1n) is 6.16. The van der Waals surface area contributed by atoms with Crippen LogP contribution in [0.1, 0.15) is 12.8 Å². The Labute approximate surface area is 111 Å². The van der Waals surface area contributed by atoms with Crippen LogP contribution < -0.4 is 10.1 Å². The Morgan fingerprint density at radius 2 is 2.21 bits per heavy atom. The van der Waals surface area contributed by atoms with Crippen LogP contribution in [0.3, 0.4) is 0 Å². The first kappa shape index (κ1) is 13.5. The second-order valence-corrected chi connectivity index (χ2v) is 4.27. The smallest absolute Gasteiger partial charge is 0.247 e. The fourth-order valence-electron chi connectivity index (χ4n) is 1.84. The van der Waals surface area contributed by atoms with Gasteiger partial charge in [0.2, 0.25) is 5.91 Å². The molecule has 0 saturated carbocycles. The Morgan fingerprint density at radius 1 is 1.47 bits per heavy atom. The molecule has 5 heteroatoms. The summed E-state index contributed by atoms with van der Waals surface area (Å²) < 4.78 is 24.6. The number of benzene rings is 1. The van der Waals surface area contributed by atoms with Crippen molar-refractivity contribution < 1.29 is 18.7 Å². The third-order valence-corrected chi connectivity index (χ3v) is 2.85. The summed E-state index contributed by atoms with van der Waals surface area (Å²) in [6, 6.07) is 4.35. The van der Waals surface area contributed by atoms with Gasteiger partial charge in [0.15, 0.2) is 11.6 Å². The number of hydrogen-bond acceptors (Lipinski definition) is 3. The van der Waals surface area contributed by atoms with Crippen LogP contribution in [0.25, 0.3) is 0 Å². The predicted molar refractivity (Wildman–Crippen MR) is 69.7 cm³/mol. The van der Waals surface area contributed by atoms with Crippen LogP contribution in [0, 0.1) is 5.82 Å². The van der Waals surface area contributed by atoms with Crippen LogP contribution in [0.5, 0.6) is 5.75 Å². The summed E-state index contributed by atoms with van der Waals surface area (Å²) in [6.45, 7) is 4.61. The highest BCUT2D eigenvalue weighted by Crippen LogP contribution is 2.24. The van der Waals surface area contributed by atoms with Crippen molar-refractivity contribution in [1.29, 1.82) is 0 Å². The summed E-state index contributed by atoms with van der Waals surface area (Å²) in [5.41, 5.74) is 0.377. The third-order valence-electron chi connectivity index (χ3n) is 2.85. The molecule has 0 spiro atoms. The maximum atomic E-state index is 13.8. The van der Waals surface area contributed by atoms with Crippen molar-refractivity contribution in [3.05, 3.63) is 36.7 Å². The molecule has 0 aromatic heterocycles. The number of carbonyl (C=O) groups excluding carboxylic acids is 1. The summed E-state index contributed by atoms with van der Waals surface area (Å²) in [6.07, 6.45) is 2.63. The molecule has 2 rings (SSSR count). The number of halogens is 1. The molecule has 1 fully saturated rings. The Kier molecular flexibility index (Phi) is 4.52. The Morgan fingerprint density at radius 3 is 2.84 bits per heavy atom. The SMILES string of the molecule is C=CC(=O)Nc1ccc(OC2CCOCC2)c(F)c1. The van der Waals surface area contributed by atoms with E-state index in [1.165, 1.54) is 12.1 Å². The largest absolute Gasteiger partial charge is 0.487 e. The van der Waals surface area contributed by atoms with E-state index in [0.29, 0.717) is 18.9 Å². The van der Waals surface area contributed by atoms with E-state index in [9.17, 15) is 9.18 Å². The van der Waals surface area contributed by atoms with Crippen molar-refractivity contribution in [2.24, 2.45) is 0 Å². The van der Waals surface area contributed by atoms with Crippen molar-refractivity contribution in [2.45, 2.75) is 18.9 Å². The van der Waals surface area contributed by atoms with Gasteiger partial charge in [-0.3, -0.25) is 4.79 Å². The van der Waals surface area contributed by atoms with Crippen LogP contribution in [0.4, 0.5) is 10.1 Å². The van der Waals surface area contributed by atoms with Crippen molar-refractivity contribution in [1.82, 2.24) is 0 Å². The van der Waals surface area contributed by atoms with Gasteiger partial charge in [-0.2, -0.15) is 0 Å². The molecular formula is C14H16FNO3. The highest BCUT2D eigenvalue weighted by atomic mass is 19.1. The zero-order chi connectivity index (χ0) is 13.7. The highest BCUT2D eigenvalue weighted by Gasteiger charge is 2.17. The van der Waals surface area contributed by atoms with Gasteiger partial charge < -0.3 is 14.8 Å². The lowest BCUT2D eigenvalue weighted by atomic mass is 10.1. The van der Waals surface area contributed by atoms with E-state index in [1.807, 2.05) is 0 Å². The van der Waals surface area contributed by atoms with Crippen LogP contribution in [-0.4, -0.2) is 25.2 Å². The molecule has 1 aliphatic rings. The lowest BCUT2D eigenvalue weighted by molar-refractivity contribution is -0.111. The molecule has 1 N–H and O–H groups in total. The predicted octanol–water partition coefficient (Wildman–Crippen LogP) is 2.51. The van der Waals surface area contributed by atoms with Crippen LogP contribution in [-0.2, 0) is 9.53 Å². The van der Waals surface area contributed by atoms with Crippen molar-refractivity contribution in [3.8, 4) is 5.75 Å². The van der Waals surface area contributed by atoms with E-state index < -0.39 is 5.82 Å². The first-order chi connectivity index (χ1) is 9.19. The topological polar surface area (TPSA) is 47.6 Å². The zero-order valence-corrected chi connectivity index (χ0v) is 10.5. The Hall–Kier alpha value is -1.88. The van der Waals surface area contributed by atoms with Crippen LogP contribution >= 0.6 is 0 Å². The van der Waals surface area contributed by atoms with Crippen molar-refractivity contribution >= 4 is 11.6 Å². The van der Waals surface area contributed by atoms with Gasteiger partial charge in [0.25, 0.3) is 0 Å². The molecule has 1 aromatic carbocycles. The number of carbonyl (C=O) groups is 1. The maximum absolute atomic E-state index is 13.8. The van der Waals surface area contributed by atoms with Gasteiger partial charge in [-0.25, -0.2) is 4.39 Å². The minimum absolute atomic E-state index is 0.0168. The van der Waals surface area contributed by atoms with Gasteiger partial charge in [0, 0.05) is 24.6 Å². The second-order valence-electron chi connectivity index (χ2n) is 4.27. The van der Waals surface area contributed by atoms with Gasteiger partial charge in [-0.15, -0.1) is 0 Å². The summed E-state index contributed by atoms with van der Waals surface area (Å²) in [5, 5.41) is 2.49. The lowest BCUT2D eigenvalue weighted by Crippen LogP contribution is -2.26. The van der Waals surface area contributed by atoms with Gasteiger partial charge in [0.1, 0.15) is 6.10 Å². The molecule has 1 aliphatic heterocycles. The van der Waals surface area contributed by atoms with E-state index in [-0.39, 0.29) is 17.8 Å². The molecule has 0 radical (unpaired) electrons. The van der Waals surface area contributed by atoms with Crippen LogP contribution in [0.2, 0.25) is 0 Å². The van der Waals surface area contributed by atoms with Gasteiger partial charge in [0.05, 0.1) is 13.2 Å². The molecule has 102 valence electrons. The number of ether oxygens (including phenoxy) is 2. The van der Waals surface area contributed by atoms with E-state index in [0.717, 1.165) is 18.9 Å². The molecule has 0 unspecified atom stereocenters. The minimum Gasteiger partial charge on any atom is -0.487 e. The summed E-state index contributed by atoms with van der Waals surface area (Å²) in [4.78, 5) is 11.1. The van der Waals surface area contributed by atoms with E-state index >= 15 is 0 Å². The Balaban J connectivity index is 2.01. The molecule has 1 amide bonds. The standard InChI is InChI=1S/C14H16FNO3/c1-2-14(17)16-10-3-4-13(12(15)9-10)19-11-5-7-18-8-6-11/h2-4,9,11H,1,5-8H2,(H,16,17). The van der Waals surface area contributed by atoms with E-state index in [4.69, 9.17) is 9.47 Å². The minimum atomic E-state index is -0.492. The third kappa shape index (κ3) is 3.79. The quantitative estimate of drug-likeness (QED) is 0.851. The fraction of sp³-hybridized carbons (Fsp3) is 0.357. The van der Waals surface area contributed by atoms with Gasteiger partial charge >= 0.3 is 0 Å². The molecular weight excluding hydrogens is 249 g/mol. The molecule has 19 heavy (non-hydrogen) atoms. The monoisotopic (exact) mass is 265 g/mol. The van der Waals surface area contributed by atoms with Gasteiger partial charge in [-0.1, -0.05) is 6.58 Å². The molecule has 0 atom stereocenters. The molecule has 1 saturated heterocycles. The fourth-order valence-corrected chi connectivity index (χ4v) is 1.84. The van der Waals surface area contributed by atoms with E-state index in [2.05, 4.69) is 11.9 Å². The maximum Gasteiger partial charge on any atom is 0.247 e. The average molecular weight is 265 g/mol. The number of nitrogens with one attached hydrogen (secondary N) is 1. The first-order valence-corrected chi connectivity index (χ1v) is 6.16. The number of amides is 1. The van der Waals surface area contributed by atoms with Crippen LogP contribution in [0.15, 0.2) is 30.9 Å². The Bertz CT molecular complexity index is 470. The summed E-state index contributed by atoms with van der Waals surface area (Å²) >= 11 is 0. The lowest BCUT2D eigenvalue weighted by Gasteiger charge is -2.23. The molecule has 0 aliphatic carbocycles. The highest BCUT2D eigenvalue weighted by molar-refractivity contribution is 5.98. The molecule has 1 aromatic rings. The number of hydrogen-bond donors (Lipinski definition) is 1. The summed E-state index contributed by atoms with van der Waals surface area (Å²) in [5.74, 6) is -0.672. The van der Waals surface area contributed by atoms with Crippen molar-refractivity contribution in [2.75, 3.05) is 18.5 Å². The molecule has 4 nitrogen and oxygen atoms in total.